The lowest BCUT2D eigenvalue weighted by Gasteiger charge is -2.07. The molecule has 1 aromatic heterocycles. The van der Waals surface area contributed by atoms with Crippen LogP contribution in [0.1, 0.15) is 5.56 Å². The minimum atomic E-state index is -3.79. The van der Waals surface area contributed by atoms with E-state index < -0.39 is 21.5 Å². The molecule has 1 amide bonds. The number of aromatic nitrogens is 2. The van der Waals surface area contributed by atoms with Crippen molar-refractivity contribution in [1.29, 1.82) is 0 Å². The van der Waals surface area contributed by atoms with Gasteiger partial charge >= 0.3 is 6.01 Å². The Morgan fingerprint density at radius 1 is 1.03 bits per heavy atom. The molecule has 29 heavy (non-hydrogen) atoms. The first kappa shape index (κ1) is 20.3. The van der Waals surface area contributed by atoms with Crippen LogP contribution in [0.3, 0.4) is 0 Å². The van der Waals surface area contributed by atoms with Crippen LogP contribution in [0.2, 0.25) is 0 Å². The first-order valence-electron chi connectivity index (χ1n) is 8.47. The summed E-state index contributed by atoms with van der Waals surface area (Å²) in [5.41, 5.74) is 1.46. The molecule has 0 atom stereocenters. The molecule has 3 rings (SSSR count). The van der Waals surface area contributed by atoms with E-state index in [0.29, 0.717) is 17.1 Å². The van der Waals surface area contributed by atoms with Crippen LogP contribution in [0.5, 0.6) is 11.5 Å². The molecule has 0 saturated carbocycles. The molecule has 152 valence electrons. The van der Waals surface area contributed by atoms with Crippen LogP contribution in [0, 0.1) is 6.92 Å². The summed E-state index contributed by atoms with van der Waals surface area (Å²) in [4.78, 5) is 12.2. The van der Waals surface area contributed by atoms with Gasteiger partial charge in [0.15, 0.2) is 21.3 Å². The van der Waals surface area contributed by atoms with Gasteiger partial charge in [-0.3, -0.25) is 10.1 Å². The number of rotatable bonds is 7. The topological polar surface area (TPSA) is 121 Å². The Morgan fingerprint density at radius 2 is 1.72 bits per heavy atom. The molecule has 0 aliphatic heterocycles. The second-order valence-electron chi connectivity index (χ2n) is 6.10. The smallest absolute Gasteiger partial charge is 0.322 e. The highest BCUT2D eigenvalue weighted by Gasteiger charge is 2.21. The number of hydrogen-bond acceptors (Lipinski definition) is 8. The van der Waals surface area contributed by atoms with Gasteiger partial charge in [-0.1, -0.05) is 22.8 Å². The number of ether oxygens (including phenoxy) is 2. The van der Waals surface area contributed by atoms with Crippen molar-refractivity contribution in [2.75, 3.05) is 25.3 Å². The van der Waals surface area contributed by atoms with Crippen molar-refractivity contribution in [1.82, 2.24) is 10.2 Å². The van der Waals surface area contributed by atoms with Gasteiger partial charge in [-0.25, -0.2) is 8.42 Å². The maximum absolute atomic E-state index is 12.3. The van der Waals surface area contributed by atoms with Crippen molar-refractivity contribution in [2.24, 2.45) is 0 Å². The van der Waals surface area contributed by atoms with Gasteiger partial charge in [-0.15, -0.1) is 5.10 Å². The van der Waals surface area contributed by atoms with Crippen LogP contribution in [0.25, 0.3) is 11.5 Å². The number of amides is 1. The van der Waals surface area contributed by atoms with Crippen molar-refractivity contribution in [3.8, 4) is 23.0 Å². The van der Waals surface area contributed by atoms with E-state index in [-0.39, 0.29) is 16.8 Å². The maximum atomic E-state index is 12.3. The van der Waals surface area contributed by atoms with E-state index in [4.69, 9.17) is 13.9 Å². The zero-order chi connectivity index (χ0) is 21.0. The van der Waals surface area contributed by atoms with Crippen LogP contribution < -0.4 is 14.8 Å². The Balaban J connectivity index is 1.71. The number of carbonyl (C=O) groups excluding carboxylic acids is 1. The molecule has 0 radical (unpaired) electrons. The van der Waals surface area contributed by atoms with E-state index in [0.717, 1.165) is 5.56 Å². The van der Waals surface area contributed by atoms with Gasteiger partial charge in [0.25, 0.3) is 0 Å². The van der Waals surface area contributed by atoms with Gasteiger partial charge in [-0.2, -0.15) is 0 Å². The fourth-order valence-corrected chi connectivity index (χ4v) is 3.65. The minimum Gasteiger partial charge on any atom is -0.493 e. The first-order chi connectivity index (χ1) is 13.8. The van der Waals surface area contributed by atoms with Crippen LogP contribution >= 0.6 is 0 Å². The molecule has 0 aliphatic rings. The van der Waals surface area contributed by atoms with Crippen molar-refractivity contribution < 1.29 is 27.1 Å². The number of aryl methyl sites for hydroxylation is 1. The molecule has 9 nitrogen and oxygen atoms in total. The lowest BCUT2D eigenvalue weighted by atomic mass is 10.2. The third-order valence-electron chi connectivity index (χ3n) is 4.00. The predicted octanol–water partition coefficient (Wildman–Crippen LogP) is 2.47. The molecule has 0 bridgehead atoms. The third kappa shape index (κ3) is 4.72. The van der Waals surface area contributed by atoms with Gasteiger partial charge in [0, 0.05) is 5.56 Å². The fourth-order valence-electron chi connectivity index (χ4n) is 2.52. The van der Waals surface area contributed by atoms with Crippen molar-refractivity contribution in [3.63, 3.8) is 0 Å². The van der Waals surface area contributed by atoms with Crippen molar-refractivity contribution in [3.05, 3.63) is 48.0 Å². The average molecular weight is 417 g/mol. The number of methoxy groups -OCH3 is 2. The van der Waals surface area contributed by atoms with Gasteiger partial charge < -0.3 is 13.9 Å². The van der Waals surface area contributed by atoms with Crippen LogP contribution in [0.15, 0.2) is 51.8 Å². The molecular formula is C19H19N3O6S. The lowest BCUT2D eigenvalue weighted by Crippen LogP contribution is -2.23. The molecule has 0 aliphatic carbocycles. The van der Waals surface area contributed by atoms with Crippen LogP contribution in [-0.4, -0.2) is 44.5 Å². The van der Waals surface area contributed by atoms with Gasteiger partial charge in [0.1, 0.15) is 5.75 Å². The molecule has 0 fully saturated rings. The number of hydrogen-bond donors (Lipinski definition) is 1. The third-order valence-corrected chi connectivity index (χ3v) is 5.64. The Hall–Kier alpha value is -3.40. The SMILES string of the molecule is COc1ccc(-c2nnc(NC(=O)CS(=O)(=O)c3ccc(C)cc3)o2)cc1OC. The molecular weight excluding hydrogens is 398 g/mol. The van der Waals surface area contributed by atoms with E-state index in [1.807, 2.05) is 6.92 Å². The van der Waals surface area contributed by atoms with Crippen molar-refractivity contribution in [2.45, 2.75) is 11.8 Å². The summed E-state index contributed by atoms with van der Waals surface area (Å²) in [5, 5.41) is 9.89. The maximum Gasteiger partial charge on any atom is 0.322 e. The standard InChI is InChI=1S/C19H19N3O6S/c1-12-4-7-14(8-5-12)29(24,25)11-17(23)20-19-22-21-18(28-19)13-6-9-15(26-2)16(10-13)27-3/h4-10H,11H2,1-3H3,(H,20,22,23). The molecule has 10 heteroatoms. The van der Waals surface area contributed by atoms with E-state index in [1.165, 1.54) is 26.4 Å². The fraction of sp³-hybridized carbons (Fsp3) is 0.211. The van der Waals surface area contributed by atoms with E-state index in [1.54, 1.807) is 30.3 Å². The summed E-state index contributed by atoms with van der Waals surface area (Å²) < 4.78 is 40.5. The highest BCUT2D eigenvalue weighted by molar-refractivity contribution is 7.92. The molecule has 2 aromatic carbocycles. The van der Waals surface area contributed by atoms with Gasteiger partial charge in [0.05, 0.1) is 19.1 Å². The predicted molar refractivity (Wildman–Crippen MR) is 105 cm³/mol. The summed E-state index contributed by atoms with van der Waals surface area (Å²) in [6.07, 6.45) is 0. The zero-order valence-corrected chi connectivity index (χ0v) is 16.8. The number of nitrogens with zero attached hydrogens (tertiary/aromatic N) is 2. The van der Waals surface area contributed by atoms with E-state index >= 15 is 0 Å². The number of carbonyl (C=O) groups is 1. The molecule has 0 spiro atoms. The highest BCUT2D eigenvalue weighted by atomic mass is 32.2. The number of sulfone groups is 1. The Morgan fingerprint density at radius 3 is 2.38 bits per heavy atom. The summed E-state index contributed by atoms with van der Waals surface area (Å²) >= 11 is 0. The Kier molecular flexibility index (Phi) is 5.83. The second-order valence-corrected chi connectivity index (χ2v) is 8.09. The molecule has 1 heterocycles. The second kappa shape index (κ2) is 8.31. The van der Waals surface area contributed by atoms with E-state index in [2.05, 4.69) is 15.5 Å². The Labute approximate surface area is 167 Å². The highest BCUT2D eigenvalue weighted by Crippen LogP contribution is 2.32. The van der Waals surface area contributed by atoms with Gasteiger partial charge in [0.2, 0.25) is 11.8 Å². The first-order valence-corrected chi connectivity index (χ1v) is 10.1. The molecule has 1 N–H and O–H groups in total. The number of anilines is 1. The monoisotopic (exact) mass is 417 g/mol. The average Bonchev–Trinajstić information content (AvgIpc) is 3.15. The zero-order valence-electron chi connectivity index (χ0n) is 16.0. The normalized spacial score (nSPS) is 11.1. The quantitative estimate of drug-likeness (QED) is 0.622. The van der Waals surface area contributed by atoms with Crippen molar-refractivity contribution >= 4 is 21.8 Å². The number of benzene rings is 2. The summed E-state index contributed by atoms with van der Waals surface area (Å²) in [6.45, 7) is 1.84. The van der Waals surface area contributed by atoms with Gasteiger partial charge in [-0.05, 0) is 37.3 Å². The molecule has 0 unspecified atom stereocenters. The van der Waals surface area contributed by atoms with Crippen LogP contribution in [-0.2, 0) is 14.6 Å². The summed E-state index contributed by atoms with van der Waals surface area (Å²) in [5.74, 6) is -0.399. The Bertz CT molecular complexity index is 1120. The van der Waals surface area contributed by atoms with Crippen LogP contribution in [0.4, 0.5) is 6.01 Å². The molecule has 0 saturated heterocycles. The largest absolute Gasteiger partial charge is 0.493 e. The number of nitrogens with one attached hydrogen (secondary N) is 1. The molecule has 3 aromatic rings. The summed E-state index contributed by atoms with van der Waals surface area (Å²) in [7, 11) is -0.779. The minimum absolute atomic E-state index is 0.0646. The lowest BCUT2D eigenvalue weighted by molar-refractivity contribution is -0.114. The summed E-state index contributed by atoms with van der Waals surface area (Å²) in [6, 6.07) is 11.0. The van der Waals surface area contributed by atoms with E-state index in [9.17, 15) is 13.2 Å².